The average molecular weight is 387 g/mol. The molecule has 2 aromatic heterocycles. The van der Waals surface area contributed by atoms with Gasteiger partial charge in [-0.1, -0.05) is 30.3 Å². The second-order valence-electron chi connectivity index (χ2n) is 6.08. The smallest absolute Gasteiger partial charge is 0.394 e. The Balaban J connectivity index is 1.83. The van der Waals surface area contributed by atoms with Crippen molar-refractivity contribution < 1.29 is 18.0 Å². The van der Waals surface area contributed by atoms with Gasteiger partial charge in [0.1, 0.15) is 17.1 Å². The van der Waals surface area contributed by atoms with E-state index >= 15 is 0 Å². The number of fused-ring (bicyclic) bond motifs is 1. The fraction of sp³-hybridized carbons (Fsp3) is 0.105. The molecule has 3 rings (SSSR count). The molecular weight excluding hydrogens is 371 g/mol. The molecule has 1 amide bonds. The van der Waals surface area contributed by atoms with Crippen LogP contribution in [-0.2, 0) is 4.79 Å². The van der Waals surface area contributed by atoms with Gasteiger partial charge in [-0.05, 0) is 24.6 Å². The fourth-order valence-corrected chi connectivity index (χ4v) is 2.57. The highest BCUT2D eigenvalue weighted by atomic mass is 19.4. The van der Waals surface area contributed by atoms with Crippen molar-refractivity contribution in [3.05, 3.63) is 59.9 Å². The monoisotopic (exact) mass is 387 g/mol. The Morgan fingerprint density at radius 1 is 1.21 bits per heavy atom. The topological polar surface area (TPSA) is 108 Å². The van der Waals surface area contributed by atoms with Crippen LogP contribution in [0.1, 0.15) is 6.92 Å². The molecule has 144 valence electrons. The number of hydrogen-bond acceptors (Lipinski definition) is 4. The molecular formula is C19H16F3N5O. The number of alkyl halides is 3. The lowest BCUT2D eigenvalue weighted by Crippen LogP contribution is -2.29. The van der Waals surface area contributed by atoms with Gasteiger partial charge in [0.2, 0.25) is 0 Å². The van der Waals surface area contributed by atoms with Crippen LogP contribution in [-0.4, -0.2) is 27.8 Å². The maximum absolute atomic E-state index is 12.6. The summed E-state index contributed by atoms with van der Waals surface area (Å²) in [6.07, 6.45) is -3.46. The average Bonchev–Trinajstić information content (AvgIpc) is 3.09. The normalized spacial score (nSPS) is 12.6. The maximum atomic E-state index is 12.6. The number of nitrogens with zero attached hydrogens (tertiary/aromatic N) is 1. The number of pyridine rings is 1. The first-order chi connectivity index (χ1) is 13.2. The first-order valence-corrected chi connectivity index (χ1v) is 8.15. The molecule has 6 nitrogen and oxygen atoms in total. The molecule has 0 unspecified atom stereocenters. The van der Waals surface area contributed by atoms with Crippen LogP contribution in [0.25, 0.3) is 22.3 Å². The molecule has 0 aliphatic rings. The number of nitrogens with one attached hydrogen (secondary N) is 3. The summed E-state index contributed by atoms with van der Waals surface area (Å²) in [5, 5.41) is 10.7. The van der Waals surface area contributed by atoms with E-state index in [9.17, 15) is 18.0 Å². The largest absolute Gasteiger partial charge is 0.431 e. The van der Waals surface area contributed by atoms with Crippen LogP contribution >= 0.6 is 0 Å². The van der Waals surface area contributed by atoms with E-state index in [4.69, 9.17) is 11.1 Å². The number of amides is 1. The lowest BCUT2D eigenvalue weighted by molar-refractivity contribution is -0.110. The zero-order chi connectivity index (χ0) is 20.5. The minimum atomic E-state index is -4.81. The van der Waals surface area contributed by atoms with E-state index in [1.165, 1.54) is 6.20 Å². The number of nitrogens with two attached hydrogens (primary N) is 1. The molecule has 0 saturated heterocycles. The van der Waals surface area contributed by atoms with Crippen LogP contribution in [0.2, 0.25) is 0 Å². The summed E-state index contributed by atoms with van der Waals surface area (Å²) in [6.45, 7) is 0.977. The predicted molar refractivity (Wildman–Crippen MR) is 101 cm³/mol. The number of H-pyrrole nitrogens is 1. The van der Waals surface area contributed by atoms with Crippen molar-refractivity contribution in [1.29, 1.82) is 5.41 Å². The van der Waals surface area contributed by atoms with Gasteiger partial charge >= 0.3 is 6.18 Å². The number of anilines is 1. The van der Waals surface area contributed by atoms with E-state index < -0.39 is 29.1 Å². The van der Waals surface area contributed by atoms with Crippen LogP contribution < -0.4 is 11.1 Å². The first-order valence-electron chi connectivity index (χ1n) is 8.15. The summed E-state index contributed by atoms with van der Waals surface area (Å²) in [5.41, 5.74) is 4.61. The van der Waals surface area contributed by atoms with E-state index in [1.54, 1.807) is 6.07 Å². The molecule has 2 heterocycles. The van der Waals surface area contributed by atoms with Crippen molar-refractivity contribution in [3.63, 3.8) is 0 Å². The summed E-state index contributed by atoms with van der Waals surface area (Å²) in [4.78, 5) is 19.5. The number of allylic oxidation sites excluding steroid dienone is 1. The third-order valence-corrected chi connectivity index (χ3v) is 4.12. The van der Waals surface area contributed by atoms with Crippen molar-refractivity contribution in [2.24, 2.45) is 5.73 Å². The number of halogens is 3. The lowest BCUT2D eigenvalue weighted by Gasteiger charge is -2.12. The Morgan fingerprint density at radius 2 is 1.89 bits per heavy atom. The van der Waals surface area contributed by atoms with Gasteiger partial charge in [0, 0.05) is 16.7 Å². The highest BCUT2D eigenvalue weighted by Crippen LogP contribution is 2.26. The van der Waals surface area contributed by atoms with Gasteiger partial charge in [0.25, 0.3) is 5.91 Å². The van der Waals surface area contributed by atoms with Crippen molar-refractivity contribution in [2.75, 3.05) is 5.32 Å². The van der Waals surface area contributed by atoms with Gasteiger partial charge in [-0.15, -0.1) is 0 Å². The van der Waals surface area contributed by atoms with Crippen LogP contribution in [0.5, 0.6) is 0 Å². The van der Waals surface area contributed by atoms with Crippen molar-refractivity contribution in [1.82, 2.24) is 9.97 Å². The highest BCUT2D eigenvalue weighted by Gasteiger charge is 2.34. The van der Waals surface area contributed by atoms with Crippen molar-refractivity contribution in [2.45, 2.75) is 13.1 Å². The SMILES string of the molecule is C/C(C(=N)C(=O)Nc1cnc2[nH]c(-c3ccccc3)cc2c1)=C(/N)C(F)(F)F. The Kier molecular flexibility index (Phi) is 4.91. The standard InChI is InChI=1S/C19H16F3N5O/c1-10(16(24)19(20,21)22)15(23)18(28)26-13-7-12-8-14(27-17(12)25-9-13)11-5-3-2-4-6-11/h2-9,23H,24H2,1H3,(H,25,27)(H,26,28)/b16-10-,23-15?. The maximum Gasteiger partial charge on any atom is 0.431 e. The van der Waals surface area contributed by atoms with E-state index in [-0.39, 0.29) is 5.69 Å². The quantitative estimate of drug-likeness (QED) is 0.509. The number of benzene rings is 1. The first kappa shape index (κ1) is 19.2. The Labute approximate surface area is 157 Å². The molecule has 0 aliphatic heterocycles. The summed E-state index contributed by atoms with van der Waals surface area (Å²) in [5.74, 6) is -1.01. The predicted octanol–water partition coefficient (Wildman–Crippen LogP) is 3.98. The van der Waals surface area contributed by atoms with Gasteiger partial charge in [-0.2, -0.15) is 13.2 Å². The zero-order valence-corrected chi connectivity index (χ0v) is 14.7. The molecule has 0 fully saturated rings. The third kappa shape index (κ3) is 3.88. The fourth-order valence-electron chi connectivity index (χ4n) is 2.57. The molecule has 0 saturated carbocycles. The molecule has 0 spiro atoms. The summed E-state index contributed by atoms with van der Waals surface area (Å²) in [6, 6.07) is 13.0. The van der Waals surface area contributed by atoms with Crippen molar-refractivity contribution in [3.8, 4) is 11.3 Å². The van der Waals surface area contributed by atoms with E-state index in [2.05, 4.69) is 15.3 Å². The summed E-state index contributed by atoms with van der Waals surface area (Å²) in [7, 11) is 0. The summed E-state index contributed by atoms with van der Waals surface area (Å²) < 4.78 is 37.9. The number of rotatable bonds is 4. The van der Waals surface area contributed by atoms with E-state index in [1.807, 2.05) is 36.4 Å². The molecule has 0 aliphatic carbocycles. The molecule has 0 atom stereocenters. The van der Waals surface area contributed by atoms with Crippen molar-refractivity contribution >= 4 is 28.3 Å². The van der Waals surface area contributed by atoms with Gasteiger partial charge in [0.15, 0.2) is 0 Å². The highest BCUT2D eigenvalue weighted by molar-refractivity contribution is 6.47. The number of aromatic nitrogens is 2. The minimum absolute atomic E-state index is 0.249. The van der Waals surface area contributed by atoms with Crippen LogP contribution in [0, 0.1) is 5.41 Å². The van der Waals surface area contributed by atoms with E-state index in [0.29, 0.717) is 11.0 Å². The van der Waals surface area contributed by atoms with Crippen LogP contribution in [0.15, 0.2) is 59.9 Å². The molecule has 1 aromatic carbocycles. The van der Waals surface area contributed by atoms with Gasteiger partial charge in [0.05, 0.1) is 11.9 Å². The van der Waals surface area contributed by atoms with Gasteiger partial charge in [-0.3, -0.25) is 10.2 Å². The second-order valence-corrected chi connectivity index (χ2v) is 6.08. The molecule has 28 heavy (non-hydrogen) atoms. The Hall–Kier alpha value is -3.62. The Bertz CT molecular complexity index is 1080. The van der Waals surface area contributed by atoms with Gasteiger partial charge in [-0.25, -0.2) is 4.98 Å². The third-order valence-electron chi connectivity index (χ3n) is 4.12. The lowest BCUT2D eigenvalue weighted by atomic mass is 10.1. The van der Waals surface area contributed by atoms with Crippen LogP contribution in [0.4, 0.5) is 18.9 Å². The molecule has 9 heteroatoms. The number of aromatic amines is 1. The minimum Gasteiger partial charge on any atom is -0.394 e. The molecule has 0 radical (unpaired) electrons. The van der Waals surface area contributed by atoms with E-state index in [0.717, 1.165) is 18.2 Å². The molecule has 3 aromatic rings. The van der Waals surface area contributed by atoms with Gasteiger partial charge < -0.3 is 16.0 Å². The zero-order valence-electron chi connectivity index (χ0n) is 14.7. The number of carbonyl (C=O) groups is 1. The molecule has 5 N–H and O–H groups in total. The number of hydrogen-bond donors (Lipinski definition) is 4. The molecule has 0 bridgehead atoms. The second kappa shape index (κ2) is 7.18. The Morgan fingerprint density at radius 3 is 2.54 bits per heavy atom. The summed E-state index contributed by atoms with van der Waals surface area (Å²) >= 11 is 0. The number of carbonyl (C=O) groups excluding carboxylic acids is 1. The van der Waals surface area contributed by atoms with Crippen LogP contribution in [0.3, 0.4) is 0 Å².